The molecule has 1 aliphatic heterocycles. The maximum atomic E-state index is 13.6. The number of halogens is 1. The maximum Gasteiger partial charge on any atom is 0.326 e. The molecule has 7 nitrogen and oxygen atoms in total. The Balaban J connectivity index is 1.62. The van der Waals surface area contributed by atoms with Crippen LogP contribution in [0.1, 0.15) is 24.4 Å². The van der Waals surface area contributed by atoms with Crippen LogP contribution in [0.25, 0.3) is 0 Å². The highest BCUT2D eigenvalue weighted by Gasteiger charge is 2.30. The van der Waals surface area contributed by atoms with Crippen LogP contribution >= 0.6 is 0 Å². The lowest BCUT2D eigenvalue weighted by atomic mass is 10.0. The van der Waals surface area contributed by atoms with E-state index in [-0.39, 0.29) is 18.3 Å². The number of anilines is 1. The minimum Gasteiger partial charge on any atom is -0.497 e. The summed E-state index contributed by atoms with van der Waals surface area (Å²) in [4.78, 5) is 26.4. The van der Waals surface area contributed by atoms with Crippen molar-refractivity contribution in [3.05, 3.63) is 53.8 Å². The molecule has 2 aromatic carbocycles. The van der Waals surface area contributed by atoms with Gasteiger partial charge in [0.15, 0.2) is 0 Å². The number of nitrogens with one attached hydrogen (secondary N) is 2. The fourth-order valence-corrected chi connectivity index (χ4v) is 3.53. The molecule has 3 amide bonds. The molecule has 1 fully saturated rings. The van der Waals surface area contributed by atoms with Gasteiger partial charge in [0.2, 0.25) is 5.91 Å². The third-order valence-electron chi connectivity index (χ3n) is 4.89. The molecule has 0 spiro atoms. The molecule has 1 aliphatic rings. The summed E-state index contributed by atoms with van der Waals surface area (Å²) in [5.74, 6) is 0.358. The van der Waals surface area contributed by atoms with Crippen LogP contribution in [0.2, 0.25) is 0 Å². The van der Waals surface area contributed by atoms with Crippen LogP contribution < -0.4 is 20.1 Å². The number of methoxy groups -OCH3 is 2. The first kappa shape index (κ1) is 20.6. The molecule has 0 bridgehead atoms. The number of imide groups is 1. The lowest BCUT2D eigenvalue weighted by Gasteiger charge is -2.25. The lowest BCUT2D eigenvalue weighted by molar-refractivity contribution is -0.121. The van der Waals surface area contributed by atoms with Crippen molar-refractivity contribution in [1.82, 2.24) is 10.2 Å². The monoisotopic (exact) mass is 401 g/mol. The summed E-state index contributed by atoms with van der Waals surface area (Å²) in [6.07, 6.45) is 1.80. The van der Waals surface area contributed by atoms with Crippen LogP contribution in [0.3, 0.4) is 0 Å². The summed E-state index contributed by atoms with van der Waals surface area (Å²) in [7, 11) is 3.18. The second-order valence-corrected chi connectivity index (χ2v) is 6.72. The quantitative estimate of drug-likeness (QED) is 0.776. The van der Waals surface area contributed by atoms with E-state index in [1.165, 1.54) is 18.2 Å². The van der Waals surface area contributed by atoms with E-state index < -0.39 is 17.8 Å². The third kappa shape index (κ3) is 5.03. The predicted octanol–water partition coefficient (Wildman–Crippen LogP) is 3.33. The van der Waals surface area contributed by atoms with Gasteiger partial charge in [-0.05, 0) is 37.6 Å². The Bertz CT molecular complexity index is 890. The van der Waals surface area contributed by atoms with Crippen LogP contribution in [0.5, 0.6) is 11.5 Å². The minimum absolute atomic E-state index is 0.00349. The van der Waals surface area contributed by atoms with Gasteiger partial charge in [0.05, 0.1) is 26.5 Å². The first-order valence-electron chi connectivity index (χ1n) is 9.33. The van der Waals surface area contributed by atoms with Gasteiger partial charge < -0.3 is 14.8 Å². The van der Waals surface area contributed by atoms with Crippen molar-refractivity contribution in [1.29, 1.82) is 0 Å². The summed E-state index contributed by atoms with van der Waals surface area (Å²) in [5.41, 5.74) is 0.981. The Hall–Kier alpha value is -3.13. The molecule has 2 aromatic rings. The van der Waals surface area contributed by atoms with Crippen LogP contribution in [0.4, 0.5) is 14.9 Å². The molecule has 1 saturated heterocycles. The number of likely N-dealkylation sites (tertiary alicyclic amines) is 1. The number of carbonyl (C=O) groups excluding carboxylic acids is 2. The fourth-order valence-electron chi connectivity index (χ4n) is 3.53. The lowest BCUT2D eigenvalue weighted by Crippen LogP contribution is -2.41. The van der Waals surface area contributed by atoms with Gasteiger partial charge in [-0.25, -0.2) is 9.18 Å². The Kier molecular flexibility index (Phi) is 6.66. The van der Waals surface area contributed by atoms with E-state index in [1.807, 2.05) is 23.1 Å². The number of carbonyl (C=O) groups is 2. The SMILES string of the molecule is COc1ccc([C@H]2CCCN2CC(=O)NC(=O)Nc2ccccc2F)c(OC)c1. The summed E-state index contributed by atoms with van der Waals surface area (Å²) in [6.45, 7) is 0.771. The van der Waals surface area contributed by atoms with Gasteiger partial charge in [0.1, 0.15) is 17.3 Å². The third-order valence-corrected chi connectivity index (χ3v) is 4.89. The number of benzene rings is 2. The first-order valence-corrected chi connectivity index (χ1v) is 9.33. The van der Waals surface area contributed by atoms with Gasteiger partial charge in [-0.1, -0.05) is 18.2 Å². The number of ether oxygens (including phenoxy) is 2. The van der Waals surface area contributed by atoms with Gasteiger partial charge in [0.25, 0.3) is 0 Å². The Labute approximate surface area is 168 Å². The molecule has 3 rings (SSSR count). The molecule has 1 heterocycles. The molecule has 0 saturated carbocycles. The van der Waals surface area contributed by atoms with Crippen molar-refractivity contribution >= 4 is 17.6 Å². The average molecular weight is 401 g/mol. The normalized spacial score (nSPS) is 16.3. The van der Waals surface area contributed by atoms with Gasteiger partial charge in [-0.3, -0.25) is 15.0 Å². The van der Waals surface area contributed by atoms with Gasteiger partial charge in [-0.2, -0.15) is 0 Å². The van der Waals surface area contributed by atoms with Crippen molar-refractivity contribution in [2.45, 2.75) is 18.9 Å². The van der Waals surface area contributed by atoms with Crippen LogP contribution in [0, 0.1) is 5.82 Å². The van der Waals surface area contributed by atoms with Crippen molar-refractivity contribution in [3.8, 4) is 11.5 Å². The molecule has 0 radical (unpaired) electrons. The first-order chi connectivity index (χ1) is 14.0. The predicted molar refractivity (Wildman–Crippen MR) is 107 cm³/mol. The Morgan fingerprint density at radius 2 is 1.97 bits per heavy atom. The Morgan fingerprint density at radius 3 is 2.69 bits per heavy atom. The molecule has 1 atom stereocenters. The highest BCUT2D eigenvalue weighted by atomic mass is 19.1. The molecule has 0 aliphatic carbocycles. The number of rotatable bonds is 6. The smallest absolute Gasteiger partial charge is 0.326 e. The number of urea groups is 1. The summed E-state index contributed by atoms with van der Waals surface area (Å²) < 4.78 is 24.3. The molecule has 0 aromatic heterocycles. The van der Waals surface area contributed by atoms with Crippen LogP contribution in [0.15, 0.2) is 42.5 Å². The average Bonchev–Trinajstić information content (AvgIpc) is 3.16. The van der Waals surface area contributed by atoms with Gasteiger partial charge in [0, 0.05) is 17.7 Å². The van der Waals surface area contributed by atoms with Crippen LogP contribution in [-0.4, -0.2) is 44.1 Å². The van der Waals surface area contributed by atoms with E-state index in [4.69, 9.17) is 9.47 Å². The van der Waals surface area contributed by atoms with Gasteiger partial charge >= 0.3 is 6.03 Å². The molecular weight excluding hydrogens is 377 g/mol. The summed E-state index contributed by atoms with van der Waals surface area (Å²) >= 11 is 0. The highest BCUT2D eigenvalue weighted by molar-refractivity contribution is 6.01. The molecule has 2 N–H and O–H groups in total. The zero-order valence-corrected chi connectivity index (χ0v) is 16.4. The largest absolute Gasteiger partial charge is 0.497 e. The molecule has 154 valence electrons. The minimum atomic E-state index is -0.766. The Morgan fingerprint density at radius 1 is 1.17 bits per heavy atom. The van der Waals surface area contributed by atoms with E-state index in [1.54, 1.807) is 20.3 Å². The van der Waals surface area contributed by atoms with Gasteiger partial charge in [-0.15, -0.1) is 0 Å². The van der Waals surface area contributed by atoms with Crippen molar-refractivity contribution < 1.29 is 23.5 Å². The molecule has 0 unspecified atom stereocenters. The molecule has 29 heavy (non-hydrogen) atoms. The van der Waals surface area contributed by atoms with E-state index in [9.17, 15) is 14.0 Å². The number of amides is 3. The molecule has 8 heteroatoms. The topological polar surface area (TPSA) is 79.9 Å². The molecular formula is C21H24FN3O4. The summed E-state index contributed by atoms with van der Waals surface area (Å²) in [5, 5.41) is 4.59. The number of hydrogen-bond donors (Lipinski definition) is 2. The summed E-state index contributed by atoms with van der Waals surface area (Å²) in [6, 6.07) is 10.6. The van der Waals surface area contributed by atoms with Crippen molar-refractivity contribution in [3.63, 3.8) is 0 Å². The van der Waals surface area contributed by atoms with E-state index >= 15 is 0 Å². The number of hydrogen-bond acceptors (Lipinski definition) is 5. The van der Waals surface area contributed by atoms with Crippen LogP contribution in [-0.2, 0) is 4.79 Å². The fraction of sp³-hybridized carbons (Fsp3) is 0.333. The second kappa shape index (κ2) is 9.38. The van der Waals surface area contributed by atoms with Crippen molar-refractivity contribution in [2.24, 2.45) is 0 Å². The maximum absolute atomic E-state index is 13.6. The van der Waals surface area contributed by atoms with Crippen molar-refractivity contribution in [2.75, 3.05) is 32.6 Å². The van der Waals surface area contributed by atoms with E-state index in [2.05, 4.69) is 10.6 Å². The number of para-hydroxylation sites is 1. The van der Waals surface area contributed by atoms with E-state index in [0.29, 0.717) is 11.5 Å². The number of nitrogens with zero attached hydrogens (tertiary/aromatic N) is 1. The standard InChI is InChI=1S/C21H24FN3O4/c1-28-14-9-10-15(19(12-14)29-2)18-8-5-11-25(18)13-20(26)24-21(27)23-17-7-4-3-6-16(17)22/h3-4,6-7,9-10,12,18H,5,8,11,13H2,1-2H3,(H2,23,24,26,27)/t18-/m1/s1. The second-order valence-electron chi connectivity index (χ2n) is 6.72. The zero-order valence-electron chi connectivity index (χ0n) is 16.4. The zero-order chi connectivity index (χ0) is 20.8. The van der Waals surface area contributed by atoms with E-state index in [0.717, 1.165) is 24.9 Å². The highest BCUT2D eigenvalue weighted by Crippen LogP contribution is 2.38.